The van der Waals surface area contributed by atoms with E-state index in [2.05, 4.69) is 25.6 Å². The standard InChI is InChI=1S/C16H12N6OS2/c23-14(18-15-17-8-9-24-15)10-25-16-20-19-13-7-6-12(21-22(13)16)11-4-2-1-3-5-11/h1-9H,10H2,(H,17,18,23). The summed E-state index contributed by atoms with van der Waals surface area (Å²) in [6, 6.07) is 13.6. The van der Waals surface area contributed by atoms with Gasteiger partial charge in [-0.05, 0) is 12.1 Å². The van der Waals surface area contributed by atoms with Gasteiger partial charge in [-0.3, -0.25) is 4.79 Å². The van der Waals surface area contributed by atoms with E-state index >= 15 is 0 Å². The lowest BCUT2D eigenvalue weighted by Gasteiger charge is -2.03. The van der Waals surface area contributed by atoms with Crippen LogP contribution in [0, 0.1) is 0 Å². The maximum atomic E-state index is 12.0. The number of amides is 1. The fourth-order valence-corrected chi connectivity index (χ4v) is 3.43. The number of benzene rings is 1. The molecule has 3 aromatic heterocycles. The van der Waals surface area contributed by atoms with Gasteiger partial charge in [0.2, 0.25) is 11.1 Å². The summed E-state index contributed by atoms with van der Waals surface area (Å²) < 4.78 is 1.66. The third kappa shape index (κ3) is 3.52. The summed E-state index contributed by atoms with van der Waals surface area (Å²) in [4.78, 5) is 16.0. The molecule has 25 heavy (non-hydrogen) atoms. The molecule has 9 heteroatoms. The summed E-state index contributed by atoms with van der Waals surface area (Å²) >= 11 is 2.66. The van der Waals surface area contributed by atoms with Crippen LogP contribution in [0.4, 0.5) is 5.13 Å². The molecule has 1 N–H and O–H groups in total. The van der Waals surface area contributed by atoms with Gasteiger partial charge >= 0.3 is 0 Å². The monoisotopic (exact) mass is 368 g/mol. The number of fused-ring (bicyclic) bond motifs is 1. The molecule has 0 atom stereocenters. The maximum Gasteiger partial charge on any atom is 0.236 e. The second kappa shape index (κ2) is 6.99. The molecule has 0 radical (unpaired) electrons. The van der Waals surface area contributed by atoms with E-state index in [9.17, 15) is 4.79 Å². The van der Waals surface area contributed by atoms with E-state index in [1.54, 1.807) is 10.7 Å². The van der Waals surface area contributed by atoms with Crippen LogP contribution < -0.4 is 5.32 Å². The molecule has 0 saturated heterocycles. The van der Waals surface area contributed by atoms with E-state index in [-0.39, 0.29) is 11.7 Å². The van der Waals surface area contributed by atoms with Gasteiger partial charge in [-0.25, -0.2) is 4.98 Å². The number of anilines is 1. The topological polar surface area (TPSA) is 85.1 Å². The summed E-state index contributed by atoms with van der Waals surface area (Å²) in [5, 5.41) is 18.5. The van der Waals surface area contributed by atoms with Gasteiger partial charge in [0.15, 0.2) is 10.8 Å². The zero-order valence-corrected chi connectivity index (χ0v) is 14.5. The Morgan fingerprint density at radius 3 is 2.84 bits per heavy atom. The number of thioether (sulfide) groups is 1. The Bertz CT molecular complexity index is 1000. The Morgan fingerprint density at radius 2 is 2.04 bits per heavy atom. The van der Waals surface area contributed by atoms with E-state index in [4.69, 9.17) is 0 Å². The smallest absolute Gasteiger partial charge is 0.236 e. The highest BCUT2D eigenvalue weighted by Crippen LogP contribution is 2.21. The van der Waals surface area contributed by atoms with Crippen LogP contribution in [0.2, 0.25) is 0 Å². The van der Waals surface area contributed by atoms with Gasteiger partial charge in [0.25, 0.3) is 0 Å². The molecule has 124 valence electrons. The van der Waals surface area contributed by atoms with Crippen LogP contribution in [0.1, 0.15) is 0 Å². The molecule has 0 fully saturated rings. The molecule has 0 aliphatic heterocycles. The minimum atomic E-state index is -0.143. The molecule has 0 aliphatic rings. The molecule has 0 unspecified atom stereocenters. The molecule has 7 nitrogen and oxygen atoms in total. The number of hydrogen-bond acceptors (Lipinski definition) is 7. The molecule has 0 aliphatic carbocycles. The average molecular weight is 368 g/mol. The fraction of sp³-hybridized carbons (Fsp3) is 0.0625. The number of hydrogen-bond donors (Lipinski definition) is 1. The van der Waals surface area contributed by atoms with Crippen LogP contribution in [0.3, 0.4) is 0 Å². The molecular weight excluding hydrogens is 356 g/mol. The van der Waals surface area contributed by atoms with Crippen molar-refractivity contribution in [3.63, 3.8) is 0 Å². The van der Waals surface area contributed by atoms with Gasteiger partial charge in [-0.1, -0.05) is 42.1 Å². The normalized spacial score (nSPS) is 10.9. The molecule has 0 saturated carbocycles. The largest absolute Gasteiger partial charge is 0.301 e. The second-order valence-corrected chi connectivity index (χ2v) is 6.85. The predicted octanol–water partition coefficient (Wildman–Crippen LogP) is 2.98. The number of carbonyl (C=O) groups is 1. The first kappa shape index (κ1) is 15.7. The SMILES string of the molecule is O=C(CSc1nnc2ccc(-c3ccccc3)nn12)Nc1nccs1. The average Bonchev–Trinajstić information content (AvgIpc) is 3.30. The number of carbonyl (C=O) groups excluding carboxylic acids is 1. The Balaban J connectivity index is 1.52. The van der Waals surface area contributed by atoms with Crippen molar-refractivity contribution >= 4 is 39.8 Å². The van der Waals surface area contributed by atoms with Gasteiger partial charge < -0.3 is 5.32 Å². The number of rotatable bonds is 5. The third-order valence-electron chi connectivity index (χ3n) is 3.31. The lowest BCUT2D eigenvalue weighted by molar-refractivity contribution is -0.113. The van der Waals surface area contributed by atoms with Crippen molar-refractivity contribution in [1.82, 2.24) is 24.8 Å². The summed E-state index contributed by atoms with van der Waals surface area (Å²) in [7, 11) is 0. The van der Waals surface area contributed by atoms with E-state index < -0.39 is 0 Å². The van der Waals surface area contributed by atoms with Gasteiger partial charge in [-0.15, -0.1) is 21.5 Å². The van der Waals surface area contributed by atoms with E-state index in [0.717, 1.165) is 11.3 Å². The first-order chi connectivity index (χ1) is 12.3. The summed E-state index contributed by atoms with van der Waals surface area (Å²) in [5.74, 6) is 0.0633. The molecule has 4 rings (SSSR count). The van der Waals surface area contributed by atoms with Crippen LogP contribution >= 0.6 is 23.1 Å². The van der Waals surface area contributed by atoms with E-state index in [1.807, 2.05) is 47.8 Å². The summed E-state index contributed by atoms with van der Waals surface area (Å²) in [6.07, 6.45) is 1.65. The molecule has 1 aromatic carbocycles. The fourth-order valence-electron chi connectivity index (χ4n) is 2.19. The minimum absolute atomic E-state index is 0.143. The van der Waals surface area contributed by atoms with E-state index in [1.165, 1.54) is 23.1 Å². The highest BCUT2D eigenvalue weighted by atomic mass is 32.2. The number of thiazole rings is 1. The molecule has 1 amide bonds. The van der Waals surface area contributed by atoms with Gasteiger partial charge in [-0.2, -0.15) is 9.61 Å². The van der Waals surface area contributed by atoms with Crippen LogP contribution in [0.15, 0.2) is 59.2 Å². The maximum absolute atomic E-state index is 12.0. The van der Waals surface area contributed by atoms with Crippen molar-refractivity contribution in [2.24, 2.45) is 0 Å². The van der Waals surface area contributed by atoms with Crippen molar-refractivity contribution in [3.8, 4) is 11.3 Å². The Hall–Kier alpha value is -2.78. The molecule has 3 heterocycles. The highest BCUT2D eigenvalue weighted by Gasteiger charge is 2.12. The Kier molecular flexibility index (Phi) is 4.40. The van der Waals surface area contributed by atoms with Crippen molar-refractivity contribution in [3.05, 3.63) is 54.0 Å². The molecule has 4 aromatic rings. The van der Waals surface area contributed by atoms with Crippen molar-refractivity contribution in [2.45, 2.75) is 5.16 Å². The third-order valence-corrected chi connectivity index (χ3v) is 4.92. The first-order valence-corrected chi connectivity index (χ1v) is 9.26. The van der Waals surface area contributed by atoms with Gasteiger partial charge in [0.1, 0.15) is 0 Å². The van der Waals surface area contributed by atoms with Crippen molar-refractivity contribution < 1.29 is 4.79 Å². The zero-order chi connectivity index (χ0) is 17.1. The lowest BCUT2D eigenvalue weighted by Crippen LogP contribution is -2.14. The molecular formula is C16H12N6OS2. The Morgan fingerprint density at radius 1 is 1.16 bits per heavy atom. The number of aromatic nitrogens is 5. The highest BCUT2D eigenvalue weighted by molar-refractivity contribution is 7.99. The predicted molar refractivity (Wildman–Crippen MR) is 97.7 cm³/mol. The van der Waals surface area contributed by atoms with Gasteiger partial charge in [0.05, 0.1) is 11.4 Å². The zero-order valence-electron chi connectivity index (χ0n) is 12.9. The van der Waals surface area contributed by atoms with Gasteiger partial charge in [0, 0.05) is 17.1 Å². The quantitative estimate of drug-likeness (QED) is 0.545. The number of nitrogens with one attached hydrogen (secondary N) is 1. The second-order valence-electron chi connectivity index (χ2n) is 5.01. The Labute approximate surface area is 151 Å². The van der Waals surface area contributed by atoms with Crippen molar-refractivity contribution in [2.75, 3.05) is 11.1 Å². The van der Waals surface area contributed by atoms with Crippen LogP contribution in [-0.4, -0.2) is 36.5 Å². The molecule has 0 spiro atoms. The molecule has 0 bridgehead atoms. The minimum Gasteiger partial charge on any atom is -0.301 e. The summed E-state index contributed by atoms with van der Waals surface area (Å²) in [6.45, 7) is 0. The van der Waals surface area contributed by atoms with E-state index in [0.29, 0.717) is 15.9 Å². The first-order valence-electron chi connectivity index (χ1n) is 7.39. The van der Waals surface area contributed by atoms with Crippen molar-refractivity contribution in [1.29, 1.82) is 0 Å². The van der Waals surface area contributed by atoms with Crippen LogP contribution in [0.5, 0.6) is 0 Å². The summed E-state index contributed by atoms with van der Waals surface area (Å²) in [5.41, 5.74) is 2.47. The van der Waals surface area contributed by atoms with Crippen LogP contribution in [0.25, 0.3) is 16.9 Å². The van der Waals surface area contributed by atoms with Crippen LogP contribution in [-0.2, 0) is 4.79 Å². The lowest BCUT2D eigenvalue weighted by atomic mass is 10.1. The number of nitrogens with zero attached hydrogens (tertiary/aromatic N) is 5.